The van der Waals surface area contributed by atoms with E-state index in [1.54, 1.807) is 0 Å². The summed E-state index contributed by atoms with van der Waals surface area (Å²) >= 11 is 4.61. The van der Waals surface area contributed by atoms with Gasteiger partial charge in [-0.2, -0.15) is 0 Å². The topological polar surface area (TPSA) is 18.5 Å². The number of fused-ring (bicyclic) bond motifs is 3. The van der Waals surface area contributed by atoms with Crippen LogP contribution in [0.1, 0.15) is 11.1 Å². The zero-order valence-electron chi connectivity index (χ0n) is 20.2. The molecule has 0 aliphatic rings. The molecule has 6 heteroatoms. The van der Waals surface area contributed by atoms with Gasteiger partial charge in [0.15, 0.2) is 14.3 Å². The number of hydrogen-bond donors (Lipinski definition) is 0. The molecule has 38 heavy (non-hydrogen) atoms. The fraction of sp³-hybridized carbons (Fsp3) is 0.0625. The Balaban J connectivity index is 1.39. The lowest BCUT2D eigenvalue weighted by molar-refractivity contribution is 0.306. The Bertz CT molecular complexity index is 1620. The summed E-state index contributed by atoms with van der Waals surface area (Å²) in [7, 11) is -0.330. The summed E-state index contributed by atoms with van der Waals surface area (Å²) in [6.45, 7) is 1.01. The smallest absolute Gasteiger partial charge is 0.188 e. The monoisotopic (exact) mass is 743 g/mol. The lowest BCUT2D eigenvalue weighted by atomic mass is 10.1. The van der Waals surface area contributed by atoms with E-state index in [4.69, 9.17) is 9.47 Å². The largest absolute Gasteiger partial charge is 0.489 e. The molecule has 0 unspecified atom stereocenters. The lowest BCUT2D eigenvalue weighted by Crippen LogP contribution is -1.95. The van der Waals surface area contributed by atoms with Crippen LogP contribution in [0.5, 0.6) is 11.5 Å². The van der Waals surface area contributed by atoms with Gasteiger partial charge in [-0.1, -0.05) is 24.3 Å². The molecule has 1 aromatic heterocycles. The first-order valence-electron chi connectivity index (χ1n) is 12.1. The highest BCUT2D eigenvalue weighted by Gasteiger charge is 2.25. The number of halogens is 3. The van der Waals surface area contributed by atoms with Crippen molar-refractivity contribution in [1.29, 1.82) is 0 Å². The van der Waals surface area contributed by atoms with E-state index >= 15 is 0 Å². The predicted molar refractivity (Wildman–Crippen MR) is 172 cm³/mol. The Labute approximate surface area is 250 Å². The maximum atomic E-state index is 13.7. The molecule has 0 radical (unpaired) electrons. The Hall–Kier alpha value is -2.69. The molecule has 0 atom stereocenters. The van der Waals surface area contributed by atoms with Crippen LogP contribution in [0.4, 0.5) is 4.39 Å². The van der Waals surface area contributed by atoms with Crippen molar-refractivity contribution < 1.29 is 13.9 Å². The minimum Gasteiger partial charge on any atom is -0.489 e. The fourth-order valence-corrected chi connectivity index (χ4v) is 7.47. The summed E-state index contributed by atoms with van der Waals surface area (Å²) in [5, 5.41) is 2.26. The van der Waals surface area contributed by atoms with Gasteiger partial charge in [0.25, 0.3) is 0 Å². The van der Waals surface area contributed by atoms with E-state index in [1.807, 2.05) is 24.3 Å². The second kappa shape index (κ2) is 11.2. The second-order valence-corrected chi connectivity index (χ2v) is 13.4. The molecule has 0 amide bonds. The van der Waals surface area contributed by atoms with E-state index < -0.39 is 0 Å². The van der Waals surface area contributed by atoms with Gasteiger partial charge in [0.05, 0.1) is 10.8 Å². The van der Waals surface area contributed by atoms with Gasteiger partial charge in [0.1, 0.15) is 30.5 Å². The summed E-state index contributed by atoms with van der Waals surface area (Å²) in [6, 6.07) is 36.2. The number of thiophene rings is 1. The summed E-state index contributed by atoms with van der Waals surface area (Å²) in [6.07, 6.45) is 0. The van der Waals surface area contributed by atoms with Crippen LogP contribution >= 0.6 is 55.7 Å². The SMILES string of the molecule is Fc1ccc(-[s+]2c3ccc(OCc4ccc(I)cc4)cc3c3cc(OCc4ccc(I)cc4)ccc32)cc1. The van der Waals surface area contributed by atoms with Gasteiger partial charge in [0.2, 0.25) is 0 Å². The highest BCUT2D eigenvalue weighted by atomic mass is 127. The van der Waals surface area contributed by atoms with Crippen LogP contribution in [0.15, 0.2) is 109 Å². The first kappa shape index (κ1) is 25.6. The highest BCUT2D eigenvalue weighted by Crippen LogP contribution is 2.50. The zero-order chi connectivity index (χ0) is 26.1. The molecule has 0 fully saturated rings. The van der Waals surface area contributed by atoms with Crippen molar-refractivity contribution in [3.05, 3.63) is 133 Å². The Morgan fingerprint density at radius 1 is 0.553 bits per heavy atom. The molecule has 1 heterocycles. The molecule has 2 nitrogen and oxygen atoms in total. The Morgan fingerprint density at radius 2 is 1.00 bits per heavy atom. The third-order valence-corrected chi connectivity index (χ3v) is 10.1. The van der Waals surface area contributed by atoms with Gasteiger partial charge in [-0.3, -0.25) is 0 Å². The van der Waals surface area contributed by atoms with Gasteiger partial charge < -0.3 is 9.47 Å². The number of rotatable bonds is 7. The van der Waals surface area contributed by atoms with Crippen molar-refractivity contribution in [3.8, 4) is 16.4 Å². The molecule has 0 aliphatic heterocycles. The zero-order valence-corrected chi connectivity index (χ0v) is 25.3. The van der Waals surface area contributed by atoms with Crippen molar-refractivity contribution in [3.63, 3.8) is 0 Å². The van der Waals surface area contributed by atoms with Crippen LogP contribution in [-0.2, 0) is 13.2 Å². The summed E-state index contributed by atoms with van der Waals surface area (Å²) in [5.41, 5.74) is 2.26. The fourth-order valence-electron chi connectivity index (χ4n) is 4.41. The Kier molecular flexibility index (Phi) is 7.54. The average Bonchev–Trinajstić information content (AvgIpc) is 3.26. The van der Waals surface area contributed by atoms with E-state index in [0.29, 0.717) is 13.2 Å². The summed E-state index contributed by atoms with van der Waals surface area (Å²) in [4.78, 5) is 1.09. The van der Waals surface area contributed by atoms with Crippen LogP contribution < -0.4 is 9.47 Å². The molecule has 188 valence electrons. The Morgan fingerprint density at radius 3 is 1.45 bits per heavy atom. The average molecular weight is 743 g/mol. The van der Waals surface area contributed by atoms with E-state index in [-0.39, 0.29) is 16.3 Å². The standard InChI is InChI=1S/C32H22FI2O2S/c33-23-5-13-28(14-6-23)38-31-15-11-26(36-19-21-1-7-24(34)8-2-21)17-29(31)30-18-27(12-16-32(30)38)37-20-22-3-9-25(35)10-4-22/h1-18H,19-20H2/q+1. The van der Waals surface area contributed by atoms with Crippen LogP contribution in [0.2, 0.25) is 0 Å². The first-order chi connectivity index (χ1) is 18.5. The van der Waals surface area contributed by atoms with Crippen LogP contribution in [-0.4, -0.2) is 0 Å². The molecule has 6 aromatic rings. The number of hydrogen-bond acceptors (Lipinski definition) is 2. The van der Waals surface area contributed by atoms with Gasteiger partial charge in [-0.15, -0.1) is 0 Å². The maximum Gasteiger partial charge on any atom is 0.188 e. The third kappa shape index (κ3) is 5.53. The minimum atomic E-state index is -0.330. The maximum absolute atomic E-state index is 13.7. The molecule has 0 spiro atoms. The molecular formula is C32H22FI2O2S+. The van der Waals surface area contributed by atoms with Gasteiger partial charge in [0, 0.05) is 41.9 Å². The van der Waals surface area contributed by atoms with E-state index in [1.165, 1.54) is 28.7 Å². The molecular weight excluding hydrogens is 721 g/mol. The van der Waals surface area contributed by atoms with Gasteiger partial charge in [-0.25, -0.2) is 4.39 Å². The van der Waals surface area contributed by atoms with E-state index in [0.717, 1.165) is 38.3 Å². The van der Waals surface area contributed by atoms with Crippen LogP contribution in [0, 0.1) is 13.0 Å². The van der Waals surface area contributed by atoms with Crippen molar-refractivity contribution in [2.45, 2.75) is 13.2 Å². The number of ether oxygens (including phenoxy) is 2. The predicted octanol–water partition coefficient (Wildman–Crippen LogP) is 10.2. The van der Waals surface area contributed by atoms with Crippen molar-refractivity contribution in [1.82, 2.24) is 0 Å². The molecule has 0 bridgehead atoms. The second-order valence-electron chi connectivity index (χ2n) is 8.91. The third-order valence-electron chi connectivity index (χ3n) is 6.32. The highest BCUT2D eigenvalue weighted by molar-refractivity contribution is 14.1. The normalized spacial score (nSPS) is 11.2. The molecule has 6 rings (SSSR count). The first-order valence-corrected chi connectivity index (χ1v) is 15.4. The minimum absolute atomic E-state index is 0.226. The van der Waals surface area contributed by atoms with Crippen molar-refractivity contribution >= 4 is 75.8 Å². The van der Waals surface area contributed by atoms with Crippen molar-refractivity contribution in [2.24, 2.45) is 0 Å². The quantitative estimate of drug-likeness (QED) is 0.120. The van der Waals surface area contributed by atoms with Gasteiger partial charge in [-0.05, 0) is 117 Å². The molecule has 0 saturated carbocycles. The molecule has 0 aliphatic carbocycles. The van der Waals surface area contributed by atoms with Crippen LogP contribution in [0.25, 0.3) is 25.1 Å². The van der Waals surface area contributed by atoms with Gasteiger partial charge >= 0.3 is 0 Å². The summed E-state index contributed by atoms with van der Waals surface area (Å²) in [5.74, 6) is 1.42. The number of benzene rings is 5. The molecule has 0 N–H and O–H groups in total. The lowest BCUT2D eigenvalue weighted by Gasteiger charge is -2.07. The van der Waals surface area contributed by atoms with Crippen LogP contribution in [0.3, 0.4) is 0 Å². The summed E-state index contributed by atoms with van der Waals surface area (Å²) < 4.78 is 30.9. The van der Waals surface area contributed by atoms with Crippen molar-refractivity contribution in [2.75, 3.05) is 0 Å². The molecule has 0 saturated heterocycles. The van der Waals surface area contributed by atoms with E-state index in [9.17, 15) is 4.39 Å². The molecule has 5 aromatic carbocycles. The van der Waals surface area contributed by atoms with E-state index in [2.05, 4.69) is 118 Å².